The molecular formula is C25H28N2O5S2. The van der Waals surface area contributed by atoms with Crippen LogP contribution in [0.5, 0.6) is 5.75 Å². The first-order chi connectivity index (χ1) is 16.2. The third-order valence-corrected chi connectivity index (χ3v) is 9.01. The summed E-state index contributed by atoms with van der Waals surface area (Å²) in [4.78, 5) is 0.0945. The maximum atomic E-state index is 13.6. The van der Waals surface area contributed by atoms with E-state index in [1.807, 2.05) is 43.3 Å². The predicted molar refractivity (Wildman–Crippen MR) is 130 cm³/mol. The van der Waals surface area contributed by atoms with Gasteiger partial charge in [-0.1, -0.05) is 42.0 Å². The highest BCUT2D eigenvalue weighted by molar-refractivity contribution is 7.89. The molecule has 34 heavy (non-hydrogen) atoms. The van der Waals surface area contributed by atoms with E-state index in [2.05, 4.69) is 4.72 Å². The van der Waals surface area contributed by atoms with E-state index in [0.717, 1.165) is 29.5 Å². The van der Waals surface area contributed by atoms with Gasteiger partial charge in [0.05, 0.1) is 16.9 Å². The molecule has 1 saturated carbocycles. The van der Waals surface area contributed by atoms with Crippen LogP contribution >= 0.6 is 0 Å². The Morgan fingerprint density at radius 3 is 1.79 bits per heavy atom. The van der Waals surface area contributed by atoms with Crippen molar-refractivity contribution in [2.45, 2.75) is 48.7 Å². The molecule has 0 aromatic heterocycles. The average molecular weight is 501 g/mol. The number of nitrogens with zero attached hydrogens (tertiary/aromatic N) is 1. The van der Waals surface area contributed by atoms with Crippen molar-refractivity contribution in [3.63, 3.8) is 0 Å². The second kappa shape index (κ2) is 9.87. The molecule has 4 rings (SSSR count). The number of methoxy groups -OCH3 is 1. The minimum absolute atomic E-state index is 0.0251. The smallest absolute Gasteiger partial charge is 0.243 e. The Hall–Kier alpha value is -2.72. The van der Waals surface area contributed by atoms with E-state index in [9.17, 15) is 16.8 Å². The summed E-state index contributed by atoms with van der Waals surface area (Å²) in [6, 6.07) is 20.3. The fraction of sp³-hybridized carbons (Fsp3) is 0.280. The standard InChI is InChI=1S/C25H28N2O5S2/c1-19-3-5-20(6-4-19)17-27(18-21-7-11-23(32-2)12-8-21)34(30,31)25-15-13-24(14-16-25)33(28,29)26-22-9-10-22/h3-8,11-16,22,26H,9-10,17-18H2,1-2H3. The zero-order chi connectivity index (χ0) is 24.3. The molecule has 0 atom stereocenters. The molecule has 9 heteroatoms. The van der Waals surface area contributed by atoms with E-state index >= 15 is 0 Å². The molecule has 0 heterocycles. The SMILES string of the molecule is COc1ccc(CN(Cc2ccc(C)cc2)S(=O)(=O)c2ccc(S(=O)(=O)NC3CC3)cc2)cc1. The molecule has 1 aliphatic carbocycles. The van der Waals surface area contributed by atoms with Crippen LogP contribution in [-0.4, -0.2) is 34.3 Å². The van der Waals surface area contributed by atoms with Gasteiger partial charge < -0.3 is 4.74 Å². The topological polar surface area (TPSA) is 92.8 Å². The molecule has 0 spiro atoms. The van der Waals surface area contributed by atoms with Crippen LogP contribution in [0, 0.1) is 6.92 Å². The Balaban J connectivity index is 1.63. The maximum absolute atomic E-state index is 13.6. The fourth-order valence-electron chi connectivity index (χ4n) is 3.49. The number of aryl methyl sites for hydroxylation is 1. The number of benzene rings is 3. The zero-order valence-corrected chi connectivity index (χ0v) is 20.8. The largest absolute Gasteiger partial charge is 0.497 e. The lowest BCUT2D eigenvalue weighted by atomic mass is 10.1. The summed E-state index contributed by atoms with van der Waals surface area (Å²) in [7, 11) is -5.99. The molecule has 0 amide bonds. The number of nitrogens with one attached hydrogen (secondary N) is 1. The Morgan fingerprint density at radius 2 is 1.29 bits per heavy atom. The highest BCUT2D eigenvalue weighted by atomic mass is 32.2. The maximum Gasteiger partial charge on any atom is 0.243 e. The van der Waals surface area contributed by atoms with Crippen molar-refractivity contribution < 1.29 is 21.6 Å². The highest BCUT2D eigenvalue weighted by Crippen LogP contribution is 2.25. The Morgan fingerprint density at radius 1 is 0.794 bits per heavy atom. The van der Waals surface area contributed by atoms with E-state index in [4.69, 9.17) is 4.74 Å². The molecule has 1 N–H and O–H groups in total. The average Bonchev–Trinajstić information content (AvgIpc) is 3.64. The first-order valence-electron chi connectivity index (χ1n) is 11.0. The highest BCUT2D eigenvalue weighted by Gasteiger charge is 2.29. The second-order valence-corrected chi connectivity index (χ2v) is 12.1. The van der Waals surface area contributed by atoms with E-state index in [1.54, 1.807) is 19.2 Å². The molecule has 3 aromatic carbocycles. The fourth-order valence-corrected chi connectivity index (χ4v) is 6.21. The van der Waals surface area contributed by atoms with Gasteiger partial charge in [0.25, 0.3) is 0 Å². The molecule has 1 fully saturated rings. The van der Waals surface area contributed by atoms with Gasteiger partial charge in [0.2, 0.25) is 20.0 Å². The van der Waals surface area contributed by atoms with Gasteiger partial charge in [-0.05, 0) is 67.3 Å². The van der Waals surface area contributed by atoms with Crippen molar-refractivity contribution in [1.82, 2.24) is 9.03 Å². The van der Waals surface area contributed by atoms with Gasteiger partial charge >= 0.3 is 0 Å². The number of hydrogen-bond acceptors (Lipinski definition) is 5. The van der Waals surface area contributed by atoms with Crippen molar-refractivity contribution in [2.24, 2.45) is 0 Å². The zero-order valence-electron chi connectivity index (χ0n) is 19.1. The molecular weight excluding hydrogens is 472 g/mol. The normalized spacial score (nSPS) is 14.3. The predicted octanol–water partition coefficient (Wildman–Crippen LogP) is 3.84. The summed E-state index contributed by atoms with van der Waals surface area (Å²) < 4.78 is 61.3. The molecule has 0 unspecified atom stereocenters. The van der Waals surface area contributed by atoms with Gasteiger partial charge in [0.1, 0.15) is 5.75 Å². The molecule has 1 aliphatic rings. The van der Waals surface area contributed by atoms with Crippen LogP contribution in [0.1, 0.15) is 29.5 Å². The Kier molecular flexibility index (Phi) is 7.09. The van der Waals surface area contributed by atoms with Crippen molar-refractivity contribution in [3.05, 3.63) is 89.5 Å². The van der Waals surface area contributed by atoms with Gasteiger partial charge in [-0.3, -0.25) is 0 Å². The molecule has 7 nitrogen and oxygen atoms in total. The lowest BCUT2D eigenvalue weighted by molar-refractivity contribution is 0.399. The van der Waals surface area contributed by atoms with Crippen LogP contribution in [-0.2, 0) is 33.1 Å². The summed E-state index contributed by atoms with van der Waals surface area (Å²) in [5, 5.41) is 0. The summed E-state index contributed by atoms with van der Waals surface area (Å²) in [5.74, 6) is 0.688. The first kappa shape index (κ1) is 24.4. The third kappa shape index (κ3) is 5.85. The van der Waals surface area contributed by atoms with Crippen LogP contribution in [0.15, 0.2) is 82.6 Å². The molecule has 180 valence electrons. The van der Waals surface area contributed by atoms with E-state index in [0.29, 0.717) is 5.75 Å². The van der Waals surface area contributed by atoms with E-state index in [1.165, 1.54) is 28.6 Å². The summed E-state index contributed by atoms with van der Waals surface area (Å²) in [6.07, 6.45) is 1.65. The minimum Gasteiger partial charge on any atom is -0.497 e. The first-order valence-corrected chi connectivity index (χ1v) is 13.9. The van der Waals surface area contributed by atoms with Crippen LogP contribution < -0.4 is 9.46 Å². The summed E-state index contributed by atoms with van der Waals surface area (Å²) in [5.41, 5.74) is 2.75. The third-order valence-electron chi connectivity index (χ3n) is 5.67. The number of ether oxygens (including phenoxy) is 1. The van der Waals surface area contributed by atoms with Crippen LogP contribution in [0.2, 0.25) is 0 Å². The van der Waals surface area contributed by atoms with Gasteiger partial charge in [-0.15, -0.1) is 0 Å². The molecule has 0 radical (unpaired) electrons. The number of sulfonamides is 2. The summed E-state index contributed by atoms with van der Waals surface area (Å²) in [6.45, 7) is 2.31. The quantitative estimate of drug-likeness (QED) is 0.457. The monoisotopic (exact) mass is 500 g/mol. The molecule has 0 saturated heterocycles. The van der Waals surface area contributed by atoms with Gasteiger partial charge in [-0.2, -0.15) is 4.31 Å². The number of rotatable bonds is 10. The van der Waals surface area contributed by atoms with Crippen LogP contribution in [0.4, 0.5) is 0 Å². The molecule has 0 bridgehead atoms. The Labute approximate surface area is 201 Å². The van der Waals surface area contributed by atoms with Gasteiger partial charge in [-0.25, -0.2) is 21.6 Å². The number of hydrogen-bond donors (Lipinski definition) is 1. The van der Waals surface area contributed by atoms with Gasteiger partial charge in [0, 0.05) is 19.1 Å². The second-order valence-electron chi connectivity index (χ2n) is 8.47. The van der Waals surface area contributed by atoms with Gasteiger partial charge in [0.15, 0.2) is 0 Å². The van der Waals surface area contributed by atoms with Crippen molar-refractivity contribution in [1.29, 1.82) is 0 Å². The van der Waals surface area contributed by atoms with Crippen LogP contribution in [0.25, 0.3) is 0 Å². The van der Waals surface area contributed by atoms with Crippen LogP contribution in [0.3, 0.4) is 0 Å². The van der Waals surface area contributed by atoms with Crippen molar-refractivity contribution in [2.75, 3.05) is 7.11 Å². The molecule has 0 aliphatic heterocycles. The van der Waals surface area contributed by atoms with E-state index in [-0.39, 0.29) is 28.9 Å². The summed E-state index contributed by atoms with van der Waals surface area (Å²) >= 11 is 0. The lowest BCUT2D eigenvalue weighted by Gasteiger charge is -2.23. The minimum atomic E-state index is -3.91. The van der Waals surface area contributed by atoms with Crippen molar-refractivity contribution in [3.8, 4) is 5.75 Å². The Bertz CT molecular complexity index is 1330. The van der Waals surface area contributed by atoms with Crippen molar-refractivity contribution >= 4 is 20.0 Å². The lowest BCUT2D eigenvalue weighted by Crippen LogP contribution is -2.30. The van der Waals surface area contributed by atoms with E-state index < -0.39 is 20.0 Å². The molecule has 3 aromatic rings.